The van der Waals surface area contributed by atoms with Crippen LogP contribution in [0.3, 0.4) is 0 Å². The van der Waals surface area contributed by atoms with Crippen LogP contribution in [0.2, 0.25) is 0 Å². The smallest absolute Gasteiger partial charge is 0.144 e. The largest absolute Gasteiger partial charge is 0.372 e. The number of anilines is 1. The molecule has 3 nitrogen and oxygen atoms in total. The van der Waals surface area contributed by atoms with Crippen LogP contribution in [-0.2, 0) is 0 Å². The van der Waals surface area contributed by atoms with E-state index in [-0.39, 0.29) is 0 Å². The van der Waals surface area contributed by atoms with Gasteiger partial charge < -0.3 is 5.32 Å². The molecular formula is C9H12BrN3S. The van der Waals surface area contributed by atoms with Crippen LogP contribution in [0.4, 0.5) is 5.82 Å². The lowest BCUT2D eigenvalue weighted by Crippen LogP contribution is -2.19. The van der Waals surface area contributed by atoms with Gasteiger partial charge in [0.15, 0.2) is 0 Å². The maximum absolute atomic E-state index is 4.49. The molecular weight excluding hydrogens is 262 g/mol. The molecule has 1 aromatic heterocycles. The van der Waals surface area contributed by atoms with Crippen LogP contribution in [-0.4, -0.2) is 28.5 Å². The van der Waals surface area contributed by atoms with E-state index in [1.807, 2.05) is 25.7 Å². The highest BCUT2D eigenvalue weighted by molar-refractivity contribution is 9.10. The third kappa shape index (κ3) is 1.75. The maximum atomic E-state index is 4.49. The van der Waals surface area contributed by atoms with Gasteiger partial charge in [-0.1, -0.05) is 0 Å². The summed E-state index contributed by atoms with van der Waals surface area (Å²) >= 11 is 5.42. The molecule has 0 aromatic carbocycles. The minimum absolute atomic E-state index is 0.555. The molecule has 0 saturated carbocycles. The van der Waals surface area contributed by atoms with Crippen LogP contribution in [0.15, 0.2) is 4.47 Å². The maximum Gasteiger partial charge on any atom is 0.144 e. The summed E-state index contributed by atoms with van der Waals surface area (Å²) in [6, 6.07) is 0. The third-order valence-electron chi connectivity index (χ3n) is 2.27. The second kappa shape index (κ2) is 4.06. The van der Waals surface area contributed by atoms with E-state index in [4.69, 9.17) is 0 Å². The lowest BCUT2D eigenvalue weighted by Gasteiger charge is -2.24. The van der Waals surface area contributed by atoms with Crippen LogP contribution in [0, 0.1) is 6.92 Å². The second-order valence-electron chi connectivity index (χ2n) is 3.31. The highest BCUT2D eigenvalue weighted by Gasteiger charge is 2.24. The van der Waals surface area contributed by atoms with Gasteiger partial charge in [-0.25, -0.2) is 9.97 Å². The number of hydrogen-bond donors (Lipinski definition) is 1. The predicted octanol–water partition coefficient (Wildman–Crippen LogP) is 2.42. The van der Waals surface area contributed by atoms with Gasteiger partial charge in [0.05, 0.1) is 10.2 Å². The average molecular weight is 274 g/mol. The Hall–Kier alpha value is -0.290. The zero-order valence-electron chi connectivity index (χ0n) is 8.17. The summed E-state index contributed by atoms with van der Waals surface area (Å²) in [5.74, 6) is 4.74. The first-order valence-corrected chi connectivity index (χ1v) is 6.46. The molecule has 5 heteroatoms. The number of hydrogen-bond acceptors (Lipinski definition) is 4. The molecule has 0 bridgehead atoms. The molecule has 1 N–H and O–H groups in total. The van der Waals surface area contributed by atoms with Crippen molar-refractivity contribution < 1.29 is 0 Å². The van der Waals surface area contributed by atoms with Crippen molar-refractivity contribution in [1.82, 2.24) is 9.97 Å². The Labute approximate surface area is 96.2 Å². The van der Waals surface area contributed by atoms with Crippen LogP contribution in [0.5, 0.6) is 0 Å². The van der Waals surface area contributed by atoms with Crippen LogP contribution < -0.4 is 5.32 Å². The zero-order valence-corrected chi connectivity index (χ0v) is 10.6. The second-order valence-corrected chi connectivity index (χ2v) is 5.18. The van der Waals surface area contributed by atoms with Crippen molar-refractivity contribution in [2.24, 2.45) is 0 Å². The first kappa shape index (κ1) is 10.2. The number of rotatable bonds is 2. The topological polar surface area (TPSA) is 37.8 Å². The van der Waals surface area contributed by atoms with E-state index in [2.05, 4.69) is 31.2 Å². The first-order chi connectivity index (χ1) is 6.72. The molecule has 1 aromatic rings. The van der Waals surface area contributed by atoms with Gasteiger partial charge in [-0.2, -0.15) is 11.8 Å². The van der Waals surface area contributed by atoms with Crippen molar-refractivity contribution in [3.8, 4) is 0 Å². The summed E-state index contributed by atoms with van der Waals surface area (Å²) in [5.41, 5.74) is 1.01. The molecule has 1 aliphatic heterocycles. The van der Waals surface area contributed by atoms with Crippen molar-refractivity contribution in [2.45, 2.75) is 12.8 Å². The van der Waals surface area contributed by atoms with Crippen molar-refractivity contribution in [3.63, 3.8) is 0 Å². The monoisotopic (exact) mass is 273 g/mol. The van der Waals surface area contributed by atoms with Gasteiger partial charge in [-0.15, -0.1) is 0 Å². The highest BCUT2D eigenvalue weighted by Crippen LogP contribution is 2.34. The average Bonchev–Trinajstić information content (AvgIpc) is 2.08. The molecule has 0 atom stereocenters. The summed E-state index contributed by atoms with van der Waals surface area (Å²) in [7, 11) is 1.88. The molecule has 0 radical (unpaired) electrons. The van der Waals surface area contributed by atoms with Gasteiger partial charge in [0.25, 0.3) is 0 Å². The van der Waals surface area contributed by atoms with Gasteiger partial charge in [-0.3, -0.25) is 0 Å². The summed E-state index contributed by atoms with van der Waals surface area (Å²) in [6.45, 7) is 2.00. The molecule has 0 unspecified atom stereocenters. The normalized spacial score (nSPS) is 16.5. The Bertz CT molecular complexity index is 352. The van der Waals surface area contributed by atoms with E-state index in [1.165, 1.54) is 0 Å². The van der Waals surface area contributed by atoms with Crippen molar-refractivity contribution in [3.05, 3.63) is 16.0 Å². The van der Waals surface area contributed by atoms with Gasteiger partial charge >= 0.3 is 0 Å². The quantitative estimate of drug-likeness (QED) is 0.898. The van der Waals surface area contributed by atoms with Gasteiger partial charge in [-0.05, 0) is 22.9 Å². The van der Waals surface area contributed by atoms with Gasteiger partial charge in [0.1, 0.15) is 11.6 Å². The fraction of sp³-hybridized carbons (Fsp3) is 0.556. The van der Waals surface area contributed by atoms with Crippen LogP contribution >= 0.6 is 27.7 Å². The molecule has 76 valence electrons. The third-order valence-corrected chi connectivity index (χ3v) is 4.50. The molecule has 1 saturated heterocycles. The molecule has 0 aliphatic carbocycles. The van der Waals surface area contributed by atoms with Crippen LogP contribution in [0.1, 0.15) is 17.4 Å². The number of thioether (sulfide) groups is 1. The molecule has 0 spiro atoms. The predicted molar refractivity (Wildman–Crippen MR) is 64.1 cm³/mol. The molecule has 1 aliphatic rings. The van der Waals surface area contributed by atoms with E-state index >= 15 is 0 Å². The Balaban J connectivity index is 2.37. The molecule has 2 rings (SSSR count). The first-order valence-electron chi connectivity index (χ1n) is 4.52. The summed E-state index contributed by atoms with van der Waals surface area (Å²) in [4.78, 5) is 8.98. The number of nitrogens with zero attached hydrogens (tertiary/aromatic N) is 2. The number of nitrogens with one attached hydrogen (secondary N) is 1. The lowest BCUT2D eigenvalue weighted by molar-refractivity contribution is 0.755. The number of aryl methyl sites for hydroxylation is 1. The number of halogens is 1. The van der Waals surface area contributed by atoms with Crippen molar-refractivity contribution >= 4 is 33.5 Å². The Morgan fingerprint density at radius 1 is 1.43 bits per heavy atom. The van der Waals surface area contributed by atoms with E-state index in [0.29, 0.717) is 5.92 Å². The van der Waals surface area contributed by atoms with Gasteiger partial charge in [0, 0.05) is 24.5 Å². The Morgan fingerprint density at radius 2 is 2.14 bits per heavy atom. The minimum Gasteiger partial charge on any atom is -0.372 e. The summed E-state index contributed by atoms with van der Waals surface area (Å²) in [5, 5.41) is 3.07. The van der Waals surface area contributed by atoms with Crippen molar-refractivity contribution in [2.75, 3.05) is 23.9 Å². The number of aromatic nitrogens is 2. The Kier molecular flexibility index (Phi) is 2.97. The highest BCUT2D eigenvalue weighted by atomic mass is 79.9. The van der Waals surface area contributed by atoms with E-state index < -0.39 is 0 Å². The fourth-order valence-corrected chi connectivity index (χ4v) is 2.46. The van der Waals surface area contributed by atoms with Crippen molar-refractivity contribution in [1.29, 1.82) is 0 Å². The summed E-state index contributed by atoms with van der Waals surface area (Å²) in [6.07, 6.45) is 0. The van der Waals surface area contributed by atoms with E-state index in [9.17, 15) is 0 Å². The van der Waals surface area contributed by atoms with E-state index in [0.717, 1.165) is 33.3 Å². The Morgan fingerprint density at radius 3 is 2.64 bits per heavy atom. The SMILES string of the molecule is CNc1nc(C2CSC2)nc(C)c1Br. The summed E-state index contributed by atoms with van der Waals surface area (Å²) < 4.78 is 0.968. The van der Waals surface area contributed by atoms with E-state index in [1.54, 1.807) is 0 Å². The van der Waals surface area contributed by atoms with Crippen LogP contribution in [0.25, 0.3) is 0 Å². The minimum atomic E-state index is 0.555. The lowest BCUT2D eigenvalue weighted by atomic mass is 10.2. The molecule has 0 amide bonds. The van der Waals surface area contributed by atoms with Gasteiger partial charge in [0.2, 0.25) is 0 Å². The molecule has 14 heavy (non-hydrogen) atoms. The molecule has 2 heterocycles. The zero-order chi connectivity index (χ0) is 10.1. The standard InChI is InChI=1S/C9H12BrN3S/c1-5-7(10)9(11-2)13-8(12-5)6-3-14-4-6/h6H,3-4H2,1-2H3,(H,11,12,13). The fourth-order valence-electron chi connectivity index (χ4n) is 1.31. The molecule has 1 fully saturated rings.